The normalized spacial score (nSPS) is 9.83. The van der Waals surface area contributed by atoms with Gasteiger partial charge in [-0.05, 0) is 6.07 Å². The first-order valence-corrected chi connectivity index (χ1v) is 3.91. The highest BCUT2D eigenvalue weighted by Gasteiger charge is 2.04. The minimum atomic E-state index is -1.03. The molecule has 1 N–H and O–H groups in total. The molecule has 0 radical (unpaired) electrons. The summed E-state index contributed by atoms with van der Waals surface area (Å²) in [6.45, 7) is 0. The third-order valence-electron chi connectivity index (χ3n) is 1.14. The molecule has 1 heterocycles. The van der Waals surface area contributed by atoms with Crippen LogP contribution in [0.15, 0.2) is 16.6 Å². The molecule has 1 aromatic heterocycles. The third-order valence-corrected chi connectivity index (χ3v) is 1.60. The molecule has 64 valence electrons. The number of hydrogen-bond acceptors (Lipinski definition) is 2. The summed E-state index contributed by atoms with van der Waals surface area (Å²) >= 11 is 3.03. The van der Waals surface area contributed by atoms with Crippen LogP contribution in [0.5, 0.6) is 0 Å². The van der Waals surface area contributed by atoms with Crippen molar-refractivity contribution < 1.29 is 14.3 Å². The van der Waals surface area contributed by atoms with Crippen molar-refractivity contribution in [2.24, 2.45) is 0 Å². The maximum atomic E-state index is 12.5. The summed E-state index contributed by atoms with van der Waals surface area (Å²) in [6, 6.07) is 2.64. The minimum Gasteiger partial charge on any atom is -0.481 e. The van der Waals surface area contributed by atoms with Crippen LogP contribution in [0.3, 0.4) is 0 Å². The topological polar surface area (TPSA) is 50.2 Å². The Balaban J connectivity index is 2.93. The highest BCUT2D eigenvalue weighted by Crippen LogP contribution is 2.12. The molecule has 0 aliphatic heterocycles. The SMILES string of the molecule is O=C(O)Cc1cc(Br)cc(F)n1. The van der Waals surface area contributed by atoms with Gasteiger partial charge >= 0.3 is 5.97 Å². The van der Waals surface area contributed by atoms with Gasteiger partial charge in [0.15, 0.2) is 0 Å². The average molecular weight is 234 g/mol. The Kier molecular flexibility index (Phi) is 2.75. The molecule has 0 atom stereocenters. The number of nitrogens with zero attached hydrogens (tertiary/aromatic N) is 1. The largest absolute Gasteiger partial charge is 0.481 e. The Bertz CT molecular complexity index is 296. The summed E-state index contributed by atoms with van der Waals surface area (Å²) in [6.07, 6.45) is -0.268. The lowest BCUT2D eigenvalue weighted by Crippen LogP contribution is -2.03. The van der Waals surface area contributed by atoms with Gasteiger partial charge in [-0.3, -0.25) is 4.79 Å². The first kappa shape index (κ1) is 9.12. The van der Waals surface area contributed by atoms with Gasteiger partial charge in [0.2, 0.25) is 5.95 Å². The van der Waals surface area contributed by atoms with E-state index in [1.54, 1.807) is 0 Å². The van der Waals surface area contributed by atoms with Crippen molar-refractivity contribution in [1.29, 1.82) is 0 Å². The fourth-order valence-electron chi connectivity index (χ4n) is 0.762. The number of hydrogen-bond donors (Lipinski definition) is 1. The molecule has 0 aliphatic carbocycles. The lowest BCUT2D eigenvalue weighted by molar-refractivity contribution is -0.136. The maximum Gasteiger partial charge on any atom is 0.309 e. The zero-order valence-corrected chi connectivity index (χ0v) is 7.51. The number of rotatable bonds is 2. The summed E-state index contributed by atoms with van der Waals surface area (Å²) in [5.74, 6) is -1.71. The van der Waals surface area contributed by atoms with E-state index in [-0.39, 0.29) is 12.1 Å². The molecule has 0 fully saturated rings. The van der Waals surface area contributed by atoms with Crippen LogP contribution in [0.1, 0.15) is 5.69 Å². The van der Waals surface area contributed by atoms with Crippen molar-refractivity contribution in [1.82, 2.24) is 4.98 Å². The van der Waals surface area contributed by atoms with Crippen molar-refractivity contribution in [3.05, 3.63) is 28.2 Å². The van der Waals surface area contributed by atoms with Gasteiger partial charge in [-0.15, -0.1) is 0 Å². The fraction of sp³-hybridized carbons (Fsp3) is 0.143. The molecule has 0 saturated heterocycles. The van der Waals surface area contributed by atoms with E-state index in [1.165, 1.54) is 12.1 Å². The van der Waals surface area contributed by atoms with Gasteiger partial charge < -0.3 is 5.11 Å². The van der Waals surface area contributed by atoms with E-state index in [1.807, 2.05) is 0 Å². The highest BCUT2D eigenvalue weighted by atomic mass is 79.9. The molecule has 0 unspecified atom stereocenters. The molecule has 1 aromatic rings. The summed E-state index contributed by atoms with van der Waals surface area (Å²) in [5.41, 5.74) is 0.203. The van der Waals surface area contributed by atoms with Crippen molar-refractivity contribution in [3.8, 4) is 0 Å². The van der Waals surface area contributed by atoms with E-state index in [9.17, 15) is 9.18 Å². The molecule has 1 rings (SSSR count). The van der Waals surface area contributed by atoms with Crippen LogP contribution in [-0.4, -0.2) is 16.1 Å². The number of aliphatic carboxylic acids is 1. The lowest BCUT2D eigenvalue weighted by atomic mass is 10.3. The summed E-state index contributed by atoms with van der Waals surface area (Å²) in [7, 11) is 0. The van der Waals surface area contributed by atoms with E-state index >= 15 is 0 Å². The molecule has 0 aliphatic rings. The van der Waals surface area contributed by atoms with Crippen molar-refractivity contribution in [2.45, 2.75) is 6.42 Å². The van der Waals surface area contributed by atoms with Crippen LogP contribution in [0.4, 0.5) is 4.39 Å². The zero-order valence-electron chi connectivity index (χ0n) is 5.92. The number of aromatic nitrogens is 1. The van der Waals surface area contributed by atoms with Crippen molar-refractivity contribution >= 4 is 21.9 Å². The number of carboxylic acid groups (broad SMARTS) is 1. The van der Waals surface area contributed by atoms with Gasteiger partial charge in [0.25, 0.3) is 0 Å². The van der Waals surface area contributed by atoms with Gasteiger partial charge in [0.1, 0.15) is 0 Å². The van der Waals surface area contributed by atoms with E-state index < -0.39 is 11.9 Å². The number of pyridine rings is 1. The average Bonchev–Trinajstić information content (AvgIpc) is 1.81. The Hall–Kier alpha value is -0.970. The van der Waals surface area contributed by atoms with Crippen LogP contribution in [0.2, 0.25) is 0 Å². The van der Waals surface area contributed by atoms with Gasteiger partial charge in [-0.25, -0.2) is 4.98 Å². The van der Waals surface area contributed by atoms with E-state index in [0.717, 1.165) is 0 Å². The summed E-state index contributed by atoms with van der Waals surface area (Å²) in [5, 5.41) is 8.37. The Morgan fingerprint density at radius 1 is 1.67 bits per heavy atom. The van der Waals surface area contributed by atoms with Gasteiger partial charge in [-0.1, -0.05) is 15.9 Å². The fourth-order valence-corrected chi connectivity index (χ4v) is 1.21. The molecule has 5 heteroatoms. The van der Waals surface area contributed by atoms with E-state index in [0.29, 0.717) is 4.47 Å². The van der Waals surface area contributed by atoms with Gasteiger partial charge in [-0.2, -0.15) is 4.39 Å². The van der Waals surface area contributed by atoms with Crippen molar-refractivity contribution in [3.63, 3.8) is 0 Å². The van der Waals surface area contributed by atoms with Crippen LogP contribution in [-0.2, 0) is 11.2 Å². The quantitative estimate of drug-likeness (QED) is 0.790. The molecule has 12 heavy (non-hydrogen) atoms. The Morgan fingerprint density at radius 2 is 2.33 bits per heavy atom. The molecular formula is C7H5BrFNO2. The maximum absolute atomic E-state index is 12.5. The lowest BCUT2D eigenvalue weighted by Gasteiger charge is -1.97. The predicted molar refractivity (Wildman–Crippen MR) is 43.2 cm³/mol. The monoisotopic (exact) mass is 233 g/mol. The Labute approximate surface area is 76.4 Å². The molecular weight excluding hydrogens is 229 g/mol. The molecule has 0 spiro atoms. The number of carbonyl (C=O) groups is 1. The van der Waals surface area contributed by atoms with Crippen LogP contribution in [0, 0.1) is 5.95 Å². The van der Waals surface area contributed by atoms with Crippen molar-refractivity contribution in [2.75, 3.05) is 0 Å². The Morgan fingerprint density at radius 3 is 2.83 bits per heavy atom. The number of halogens is 2. The molecule has 0 aromatic carbocycles. The zero-order chi connectivity index (χ0) is 9.14. The molecule has 0 amide bonds. The van der Waals surface area contributed by atoms with E-state index in [4.69, 9.17) is 5.11 Å². The first-order chi connectivity index (χ1) is 5.58. The third kappa shape index (κ3) is 2.58. The van der Waals surface area contributed by atoms with Gasteiger partial charge in [0, 0.05) is 10.5 Å². The summed E-state index contributed by atoms with van der Waals surface area (Å²) < 4.78 is 13.0. The molecule has 0 saturated carbocycles. The molecule has 0 bridgehead atoms. The highest BCUT2D eigenvalue weighted by molar-refractivity contribution is 9.10. The first-order valence-electron chi connectivity index (χ1n) is 3.11. The standard InChI is InChI=1S/C7H5BrFNO2/c8-4-1-5(3-7(11)12)10-6(9)2-4/h1-2H,3H2,(H,11,12). The second kappa shape index (κ2) is 3.62. The molecule has 3 nitrogen and oxygen atoms in total. The van der Waals surface area contributed by atoms with Crippen LogP contribution in [0.25, 0.3) is 0 Å². The second-order valence-electron chi connectivity index (χ2n) is 2.17. The van der Waals surface area contributed by atoms with Crippen LogP contribution >= 0.6 is 15.9 Å². The van der Waals surface area contributed by atoms with Gasteiger partial charge in [0.05, 0.1) is 12.1 Å². The second-order valence-corrected chi connectivity index (χ2v) is 3.09. The smallest absolute Gasteiger partial charge is 0.309 e. The minimum absolute atomic E-state index is 0.203. The summed E-state index contributed by atoms with van der Waals surface area (Å²) in [4.78, 5) is 13.6. The van der Waals surface area contributed by atoms with Crippen LogP contribution < -0.4 is 0 Å². The number of carboxylic acids is 1. The van der Waals surface area contributed by atoms with E-state index in [2.05, 4.69) is 20.9 Å². The predicted octanol–water partition coefficient (Wildman–Crippen LogP) is 1.61.